The first-order chi connectivity index (χ1) is 9.52. The highest BCUT2D eigenvalue weighted by molar-refractivity contribution is 7.12. The van der Waals surface area contributed by atoms with Gasteiger partial charge in [0, 0.05) is 10.9 Å². The molecule has 106 valence electrons. The zero-order valence-electron chi connectivity index (χ0n) is 9.98. The second kappa shape index (κ2) is 6.74. The van der Waals surface area contributed by atoms with E-state index in [0.29, 0.717) is 5.69 Å². The molecule has 20 heavy (non-hydrogen) atoms. The van der Waals surface area contributed by atoms with Gasteiger partial charge in [-0.2, -0.15) is 0 Å². The molecule has 0 atom stereocenters. The first-order valence-corrected chi connectivity index (χ1v) is 7.62. The van der Waals surface area contributed by atoms with Crippen molar-refractivity contribution < 1.29 is 9.63 Å². The number of hydroxylamine groups is 1. The summed E-state index contributed by atoms with van der Waals surface area (Å²) in [5.41, 5.74) is 3.75. The van der Waals surface area contributed by atoms with E-state index in [-0.39, 0.29) is 10.9 Å². The molecule has 0 saturated heterocycles. The molecule has 2 rings (SSSR count). The molecule has 2 aromatic rings. The normalized spacial score (nSPS) is 11.3. The number of halogens is 3. The van der Waals surface area contributed by atoms with Crippen molar-refractivity contribution in [3.05, 3.63) is 40.7 Å². The second-order valence-corrected chi connectivity index (χ2v) is 6.25. The Morgan fingerprint density at radius 1 is 1.35 bits per heavy atom. The fraction of sp³-hybridized carbons (Fsp3) is 0.167. The van der Waals surface area contributed by atoms with Crippen molar-refractivity contribution in [1.29, 1.82) is 0 Å². The quantitative estimate of drug-likeness (QED) is 0.658. The Labute approximate surface area is 134 Å². The van der Waals surface area contributed by atoms with Gasteiger partial charge in [0.25, 0.3) is 4.52 Å². The van der Waals surface area contributed by atoms with Crippen molar-refractivity contribution in [3.63, 3.8) is 0 Å². The molecule has 0 unspecified atom stereocenters. The van der Waals surface area contributed by atoms with Crippen LogP contribution >= 0.6 is 46.1 Å². The van der Waals surface area contributed by atoms with E-state index in [9.17, 15) is 4.79 Å². The lowest BCUT2D eigenvalue weighted by Crippen LogP contribution is -2.33. The van der Waals surface area contributed by atoms with Crippen LogP contribution in [-0.4, -0.2) is 21.3 Å². The lowest BCUT2D eigenvalue weighted by atomic mass is 10.2. The highest BCUT2D eigenvalue weighted by Crippen LogP contribution is 2.24. The Hall–Kier alpha value is -0.850. The summed E-state index contributed by atoms with van der Waals surface area (Å²) in [5, 5.41) is 2.02. The smallest absolute Gasteiger partial charge is 0.264 e. The van der Waals surface area contributed by atoms with Crippen LogP contribution in [0, 0.1) is 0 Å². The average Bonchev–Trinajstić information content (AvgIpc) is 2.96. The van der Waals surface area contributed by atoms with Gasteiger partial charge in [-0.25, -0.2) is 15.3 Å². The summed E-state index contributed by atoms with van der Waals surface area (Å²) in [7, 11) is 0. The number of nitrogens with one attached hydrogen (secondary N) is 1. The van der Waals surface area contributed by atoms with E-state index in [4.69, 9.17) is 39.6 Å². The van der Waals surface area contributed by atoms with Crippen LogP contribution in [0.3, 0.4) is 0 Å². The Balaban J connectivity index is 2.04. The Morgan fingerprint density at radius 3 is 2.70 bits per heavy atom. The summed E-state index contributed by atoms with van der Waals surface area (Å²) in [5.74, 6) is -0.725. The number of aromatic nitrogens is 1. The third-order valence-electron chi connectivity index (χ3n) is 2.22. The fourth-order valence-corrected chi connectivity index (χ4v) is 2.15. The standard InChI is InChI=1S/C12H9Cl3N2O2S/c13-7-12(14,15)19-17-10(18)11-16-9(6-20-11)8-4-2-1-3-5-8/h1-6H,7H2,(H,17,18). The minimum Gasteiger partial charge on any atom is -0.264 e. The number of rotatable bonds is 5. The van der Waals surface area contributed by atoms with Crippen LogP contribution in [0.25, 0.3) is 11.3 Å². The lowest BCUT2D eigenvalue weighted by Gasteiger charge is -2.15. The van der Waals surface area contributed by atoms with Crippen LogP contribution < -0.4 is 5.48 Å². The molecule has 1 heterocycles. The van der Waals surface area contributed by atoms with Gasteiger partial charge in [0.1, 0.15) is 0 Å². The summed E-state index contributed by atoms with van der Waals surface area (Å²) in [6, 6.07) is 9.51. The molecule has 1 N–H and O–H groups in total. The van der Waals surface area contributed by atoms with E-state index in [1.807, 2.05) is 30.3 Å². The number of carbonyl (C=O) groups is 1. The Kier molecular flexibility index (Phi) is 5.23. The van der Waals surface area contributed by atoms with Crippen LogP contribution in [-0.2, 0) is 4.84 Å². The molecule has 1 amide bonds. The second-order valence-electron chi connectivity index (χ2n) is 3.71. The van der Waals surface area contributed by atoms with Crippen molar-refractivity contribution >= 4 is 52.0 Å². The summed E-state index contributed by atoms with van der Waals surface area (Å²) in [4.78, 5) is 20.8. The monoisotopic (exact) mass is 350 g/mol. The summed E-state index contributed by atoms with van der Waals surface area (Å²) >= 11 is 17.9. The van der Waals surface area contributed by atoms with Gasteiger partial charge in [-0.3, -0.25) is 4.79 Å². The minimum absolute atomic E-state index is 0.191. The van der Waals surface area contributed by atoms with Crippen LogP contribution in [0.2, 0.25) is 0 Å². The number of hydrogen-bond acceptors (Lipinski definition) is 4. The summed E-state index contributed by atoms with van der Waals surface area (Å²) < 4.78 is -1.67. The number of hydrogen-bond donors (Lipinski definition) is 1. The third-order valence-corrected chi connectivity index (χ3v) is 4.13. The van der Waals surface area contributed by atoms with Crippen molar-refractivity contribution in [2.45, 2.75) is 4.52 Å². The molecular formula is C12H9Cl3N2O2S. The van der Waals surface area contributed by atoms with E-state index >= 15 is 0 Å². The highest BCUT2D eigenvalue weighted by Gasteiger charge is 2.26. The predicted molar refractivity (Wildman–Crippen MR) is 81.3 cm³/mol. The molecular weight excluding hydrogens is 343 g/mol. The molecule has 0 fully saturated rings. The molecule has 0 radical (unpaired) electrons. The van der Waals surface area contributed by atoms with Crippen molar-refractivity contribution in [2.24, 2.45) is 0 Å². The zero-order chi connectivity index (χ0) is 14.6. The van der Waals surface area contributed by atoms with Crippen molar-refractivity contribution in [3.8, 4) is 11.3 Å². The van der Waals surface area contributed by atoms with Gasteiger partial charge in [-0.15, -0.1) is 22.9 Å². The Bertz CT molecular complexity index is 589. The first-order valence-electron chi connectivity index (χ1n) is 5.45. The van der Waals surface area contributed by atoms with E-state index in [0.717, 1.165) is 5.56 Å². The maximum Gasteiger partial charge on any atom is 0.303 e. The molecule has 0 bridgehead atoms. The average molecular weight is 352 g/mol. The zero-order valence-corrected chi connectivity index (χ0v) is 13.1. The number of thiazole rings is 1. The van der Waals surface area contributed by atoms with Gasteiger partial charge in [0.05, 0.1) is 11.6 Å². The number of alkyl halides is 3. The molecule has 8 heteroatoms. The maximum atomic E-state index is 11.8. The van der Waals surface area contributed by atoms with Gasteiger partial charge in [-0.05, 0) is 0 Å². The van der Waals surface area contributed by atoms with Gasteiger partial charge in [0.2, 0.25) is 0 Å². The SMILES string of the molecule is O=C(NOC(Cl)(Cl)CCl)c1nc(-c2ccccc2)cs1. The largest absolute Gasteiger partial charge is 0.303 e. The molecule has 1 aromatic carbocycles. The number of carbonyl (C=O) groups excluding carboxylic acids is 1. The number of benzene rings is 1. The maximum absolute atomic E-state index is 11.8. The molecule has 0 spiro atoms. The first kappa shape index (κ1) is 15.5. The number of amides is 1. The van der Waals surface area contributed by atoms with Crippen molar-refractivity contribution in [2.75, 3.05) is 5.88 Å². The van der Waals surface area contributed by atoms with Gasteiger partial charge < -0.3 is 0 Å². The van der Waals surface area contributed by atoms with E-state index in [1.165, 1.54) is 11.3 Å². The predicted octanol–water partition coefficient (Wildman–Crippen LogP) is 3.84. The van der Waals surface area contributed by atoms with Crippen LogP contribution in [0.5, 0.6) is 0 Å². The van der Waals surface area contributed by atoms with Gasteiger partial charge in [0.15, 0.2) is 5.01 Å². The molecule has 0 aliphatic carbocycles. The Morgan fingerprint density at radius 2 is 2.05 bits per heavy atom. The van der Waals surface area contributed by atoms with Gasteiger partial charge >= 0.3 is 5.91 Å². The van der Waals surface area contributed by atoms with Crippen LogP contribution in [0.15, 0.2) is 35.7 Å². The topological polar surface area (TPSA) is 51.2 Å². The number of nitrogens with zero attached hydrogens (tertiary/aromatic N) is 1. The fourth-order valence-electron chi connectivity index (χ4n) is 1.31. The molecule has 1 aromatic heterocycles. The van der Waals surface area contributed by atoms with E-state index in [1.54, 1.807) is 5.38 Å². The summed E-state index contributed by atoms with van der Waals surface area (Å²) in [6.45, 7) is 0. The van der Waals surface area contributed by atoms with Crippen molar-refractivity contribution in [1.82, 2.24) is 10.5 Å². The van der Waals surface area contributed by atoms with Crippen LogP contribution in [0.4, 0.5) is 0 Å². The minimum atomic E-state index is -1.67. The highest BCUT2D eigenvalue weighted by atomic mass is 35.5. The van der Waals surface area contributed by atoms with Gasteiger partial charge in [-0.1, -0.05) is 53.5 Å². The molecule has 0 aliphatic rings. The summed E-state index contributed by atoms with van der Waals surface area (Å²) in [6.07, 6.45) is 0. The third kappa shape index (κ3) is 4.07. The lowest BCUT2D eigenvalue weighted by molar-refractivity contribution is 0.00803. The molecule has 0 saturated carbocycles. The van der Waals surface area contributed by atoms with E-state index in [2.05, 4.69) is 10.5 Å². The molecule has 4 nitrogen and oxygen atoms in total. The molecule has 0 aliphatic heterocycles. The van der Waals surface area contributed by atoms with E-state index < -0.39 is 10.4 Å². The van der Waals surface area contributed by atoms with Crippen LogP contribution in [0.1, 0.15) is 9.80 Å².